The van der Waals surface area contributed by atoms with E-state index in [0.717, 1.165) is 20.3 Å². The van der Waals surface area contributed by atoms with Crippen LogP contribution in [0.2, 0.25) is 5.02 Å². The number of thiocarbonyl (C=S) groups is 1. The summed E-state index contributed by atoms with van der Waals surface area (Å²) in [5.74, 6) is 1.12. The highest BCUT2D eigenvalue weighted by atomic mass is 127. The van der Waals surface area contributed by atoms with E-state index >= 15 is 0 Å². The zero-order valence-electron chi connectivity index (χ0n) is 17.6. The lowest BCUT2D eigenvalue weighted by atomic mass is 10.1. The van der Waals surface area contributed by atoms with Gasteiger partial charge in [-0.3, -0.25) is 9.69 Å². The fourth-order valence-electron chi connectivity index (χ4n) is 3.28. The minimum atomic E-state index is -0.0955. The second-order valence-corrected chi connectivity index (χ2v) is 10.4. The van der Waals surface area contributed by atoms with Crippen molar-refractivity contribution >= 4 is 74.5 Å². The summed E-state index contributed by atoms with van der Waals surface area (Å²) in [6, 6.07) is 21.2. The van der Waals surface area contributed by atoms with E-state index < -0.39 is 0 Å². The molecule has 0 N–H and O–H groups in total. The number of methoxy groups -OCH3 is 1. The first kappa shape index (κ1) is 24.1. The van der Waals surface area contributed by atoms with Crippen molar-refractivity contribution in [2.75, 3.05) is 7.11 Å². The molecule has 1 saturated heterocycles. The van der Waals surface area contributed by atoms with Gasteiger partial charge in [-0.2, -0.15) is 0 Å². The Kier molecular flexibility index (Phi) is 7.95. The van der Waals surface area contributed by atoms with Crippen LogP contribution in [0.3, 0.4) is 0 Å². The van der Waals surface area contributed by atoms with Gasteiger partial charge in [0.2, 0.25) is 0 Å². The fraction of sp³-hybridized carbons (Fsp3) is 0.120. The summed E-state index contributed by atoms with van der Waals surface area (Å²) in [6.45, 7) is 0.780. The van der Waals surface area contributed by atoms with Crippen LogP contribution in [0.1, 0.15) is 16.7 Å². The number of thioether (sulfide) groups is 1. The van der Waals surface area contributed by atoms with Crippen molar-refractivity contribution in [1.82, 2.24) is 4.90 Å². The lowest BCUT2D eigenvalue weighted by molar-refractivity contribution is -0.122. The minimum Gasteiger partial charge on any atom is -0.493 e. The Morgan fingerprint density at radius 2 is 1.85 bits per heavy atom. The van der Waals surface area contributed by atoms with Crippen LogP contribution >= 0.6 is 58.2 Å². The first-order chi connectivity index (χ1) is 16.0. The first-order valence-electron chi connectivity index (χ1n) is 9.99. The molecule has 0 atom stereocenters. The van der Waals surface area contributed by atoms with Gasteiger partial charge in [0.15, 0.2) is 11.5 Å². The molecule has 4 nitrogen and oxygen atoms in total. The lowest BCUT2D eigenvalue weighted by Crippen LogP contribution is -2.27. The molecular weight excluding hydrogens is 589 g/mol. The highest BCUT2D eigenvalue weighted by molar-refractivity contribution is 14.1. The third-order valence-electron chi connectivity index (χ3n) is 4.94. The van der Waals surface area contributed by atoms with E-state index in [0.29, 0.717) is 38.9 Å². The van der Waals surface area contributed by atoms with Crippen molar-refractivity contribution in [3.63, 3.8) is 0 Å². The molecule has 1 aliphatic rings. The molecule has 0 unspecified atom stereocenters. The van der Waals surface area contributed by atoms with E-state index in [4.69, 9.17) is 33.3 Å². The Hall–Kier alpha value is -2.07. The van der Waals surface area contributed by atoms with Crippen molar-refractivity contribution in [2.45, 2.75) is 13.2 Å². The Morgan fingerprint density at radius 3 is 2.58 bits per heavy atom. The number of carbonyl (C=O) groups excluding carboxylic acids is 1. The van der Waals surface area contributed by atoms with Crippen LogP contribution in [-0.2, 0) is 17.9 Å². The van der Waals surface area contributed by atoms with Crippen molar-refractivity contribution in [1.29, 1.82) is 0 Å². The van der Waals surface area contributed by atoms with E-state index in [1.54, 1.807) is 12.0 Å². The Labute approximate surface area is 221 Å². The van der Waals surface area contributed by atoms with Crippen LogP contribution in [0.15, 0.2) is 71.6 Å². The molecule has 33 heavy (non-hydrogen) atoms. The number of hydrogen-bond donors (Lipinski definition) is 0. The Balaban J connectivity index is 1.54. The largest absolute Gasteiger partial charge is 0.493 e. The topological polar surface area (TPSA) is 38.8 Å². The van der Waals surface area contributed by atoms with Crippen molar-refractivity contribution < 1.29 is 14.3 Å². The van der Waals surface area contributed by atoms with Gasteiger partial charge in [0.05, 0.1) is 22.1 Å². The highest BCUT2D eigenvalue weighted by Crippen LogP contribution is 2.38. The molecule has 1 aliphatic heterocycles. The number of amides is 1. The average molecular weight is 608 g/mol. The smallest absolute Gasteiger partial charge is 0.266 e. The summed E-state index contributed by atoms with van der Waals surface area (Å²) in [7, 11) is 1.59. The maximum absolute atomic E-state index is 13.0. The number of benzene rings is 3. The molecule has 4 rings (SSSR count). The van der Waals surface area contributed by atoms with E-state index in [1.165, 1.54) is 11.8 Å². The molecule has 0 spiro atoms. The van der Waals surface area contributed by atoms with Crippen LogP contribution in [0, 0.1) is 3.57 Å². The van der Waals surface area contributed by atoms with Gasteiger partial charge in [-0.05, 0) is 58.0 Å². The zero-order valence-corrected chi connectivity index (χ0v) is 22.1. The number of halogens is 2. The van der Waals surface area contributed by atoms with Crippen LogP contribution in [0.25, 0.3) is 6.08 Å². The number of rotatable bonds is 7. The molecule has 0 radical (unpaired) electrons. The molecule has 1 amide bonds. The molecule has 3 aromatic carbocycles. The molecule has 0 aliphatic carbocycles. The summed E-state index contributed by atoms with van der Waals surface area (Å²) in [6.07, 6.45) is 1.84. The zero-order chi connectivity index (χ0) is 23.4. The van der Waals surface area contributed by atoms with Crippen molar-refractivity contribution in [3.8, 4) is 11.5 Å². The van der Waals surface area contributed by atoms with E-state index in [1.807, 2.05) is 72.8 Å². The van der Waals surface area contributed by atoms with Crippen LogP contribution in [0.5, 0.6) is 11.5 Å². The highest BCUT2D eigenvalue weighted by Gasteiger charge is 2.32. The molecule has 0 aromatic heterocycles. The molecule has 0 bridgehead atoms. The van der Waals surface area contributed by atoms with Crippen LogP contribution in [-0.4, -0.2) is 22.2 Å². The van der Waals surface area contributed by atoms with Gasteiger partial charge in [-0.15, -0.1) is 0 Å². The SMILES string of the molecule is COc1cc(/C=C2\SC(=S)N(Cc3ccccc3)C2=O)cc(I)c1OCc1ccccc1Cl. The van der Waals surface area contributed by atoms with Gasteiger partial charge in [-0.1, -0.05) is 84.1 Å². The lowest BCUT2D eigenvalue weighted by Gasteiger charge is -2.15. The Morgan fingerprint density at radius 1 is 1.12 bits per heavy atom. The van der Waals surface area contributed by atoms with E-state index in [2.05, 4.69) is 22.6 Å². The summed E-state index contributed by atoms with van der Waals surface area (Å²) in [5.41, 5.74) is 2.76. The second-order valence-electron chi connectivity index (χ2n) is 7.17. The predicted octanol–water partition coefficient (Wildman–Crippen LogP) is 6.93. The molecule has 1 heterocycles. The second kappa shape index (κ2) is 10.9. The van der Waals surface area contributed by atoms with Crippen LogP contribution in [0.4, 0.5) is 0 Å². The third kappa shape index (κ3) is 5.71. The number of nitrogens with zero attached hydrogens (tertiary/aromatic N) is 1. The normalized spacial score (nSPS) is 14.8. The van der Waals surface area contributed by atoms with E-state index in [9.17, 15) is 4.79 Å². The first-order valence-corrected chi connectivity index (χ1v) is 12.7. The summed E-state index contributed by atoms with van der Waals surface area (Å²) in [4.78, 5) is 15.2. The third-order valence-corrected chi connectivity index (χ3v) is 7.48. The molecule has 1 fully saturated rings. The van der Waals surface area contributed by atoms with Crippen molar-refractivity contribution in [2.24, 2.45) is 0 Å². The molecular formula is C25H19ClINO3S2. The molecule has 8 heteroatoms. The van der Waals surface area contributed by atoms with Gasteiger partial charge >= 0.3 is 0 Å². The minimum absolute atomic E-state index is 0.0955. The van der Waals surface area contributed by atoms with Gasteiger partial charge < -0.3 is 9.47 Å². The standard InChI is InChI=1S/C25H19ClINO3S2/c1-30-21-12-17(11-20(27)23(21)31-15-18-9-5-6-10-19(18)26)13-22-24(29)28(25(32)33-22)14-16-7-3-2-4-8-16/h2-13H,14-15H2,1H3/b22-13-. The van der Waals surface area contributed by atoms with Gasteiger partial charge in [0.1, 0.15) is 10.9 Å². The fourth-order valence-corrected chi connectivity index (χ4v) is 5.51. The molecule has 0 saturated carbocycles. The van der Waals surface area contributed by atoms with Gasteiger partial charge in [-0.25, -0.2) is 0 Å². The van der Waals surface area contributed by atoms with Gasteiger partial charge in [0.25, 0.3) is 5.91 Å². The summed E-state index contributed by atoms with van der Waals surface area (Å²) >= 11 is 15.2. The number of ether oxygens (including phenoxy) is 2. The summed E-state index contributed by atoms with van der Waals surface area (Å²) < 4.78 is 13.0. The average Bonchev–Trinajstić information content (AvgIpc) is 3.07. The van der Waals surface area contributed by atoms with E-state index in [-0.39, 0.29) is 5.91 Å². The molecule has 168 valence electrons. The van der Waals surface area contributed by atoms with Crippen molar-refractivity contribution in [3.05, 3.63) is 96.9 Å². The maximum Gasteiger partial charge on any atom is 0.266 e. The predicted molar refractivity (Wildman–Crippen MR) is 147 cm³/mol. The number of carbonyl (C=O) groups is 1. The Bertz CT molecular complexity index is 1230. The maximum atomic E-state index is 13.0. The monoisotopic (exact) mass is 607 g/mol. The summed E-state index contributed by atoms with van der Waals surface area (Å²) in [5, 5.41) is 0.653. The quantitative estimate of drug-likeness (QED) is 0.165. The number of hydrogen-bond acceptors (Lipinski definition) is 5. The van der Waals surface area contributed by atoms with Crippen LogP contribution < -0.4 is 9.47 Å². The molecule has 3 aromatic rings. The van der Waals surface area contributed by atoms with Gasteiger partial charge in [0, 0.05) is 10.6 Å².